The van der Waals surface area contributed by atoms with E-state index in [1.54, 1.807) is 37.3 Å². The minimum atomic E-state index is -4.45. The van der Waals surface area contributed by atoms with E-state index in [9.17, 15) is 18.0 Å². The van der Waals surface area contributed by atoms with Crippen LogP contribution in [0.2, 0.25) is 0 Å². The number of halogens is 3. The lowest BCUT2D eigenvalue weighted by molar-refractivity contribution is -0.137. The fourth-order valence-corrected chi connectivity index (χ4v) is 2.41. The Bertz CT molecular complexity index is 901. The van der Waals surface area contributed by atoms with Crippen LogP contribution in [0.25, 0.3) is 11.3 Å². The summed E-state index contributed by atoms with van der Waals surface area (Å²) in [4.78, 5) is 12.3. The Labute approximate surface area is 141 Å². The zero-order valence-corrected chi connectivity index (χ0v) is 13.2. The molecule has 0 spiro atoms. The molecule has 4 nitrogen and oxygen atoms in total. The molecule has 0 saturated carbocycles. The van der Waals surface area contributed by atoms with Crippen molar-refractivity contribution >= 4 is 11.6 Å². The quantitative estimate of drug-likeness (QED) is 0.725. The molecule has 0 unspecified atom stereocenters. The zero-order chi connectivity index (χ0) is 18.0. The van der Waals surface area contributed by atoms with Crippen LogP contribution < -0.4 is 5.32 Å². The standard InChI is InChI=1S/C18H14F3N3O/c1-11-15(22-17(25)12-6-3-2-4-7-12)16(24-23-11)13-8-5-9-14(10-13)18(19,20)21/h2-10H,1H3,(H,22,25)(H,23,24). The molecule has 1 aromatic heterocycles. The Kier molecular flexibility index (Phi) is 4.31. The van der Waals surface area contributed by atoms with Gasteiger partial charge in [-0.15, -0.1) is 0 Å². The van der Waals surface area contributed by atoms with Crippen LogP contribution in [-0.2, 0) is 6.18 Å². The number of amides is 1. The van der Waals surface area contributed by atoms with Gasteiger partial charge in [-0.3, -0.25) is 9.89 Å². The molecule has 0 atom stereocenters. The van der Waals surface area contributed by atoms with E-state index in [-0.39, 0.29) is 17.2 Å². The number of H-pyrrole nitrogens is 1. The lowest BCUT2D eigenvalue weighted by Crippen LogP contribution is -2.12. The average Bonchev–Trinajstić information content (AvgIpc) is 2.96. The van der Waals surface area contributed by atoms with Crippen molar-refractivity contribution in [3.8, 4) is 11.3 Å². The van der Waals surface area contributed by atoms with Gasteiger partial charge in [0, 0.05) is 11.1 Å². The highest BCUT2D eigenvalue weighted by Crippen LogP contribution is 2.34. The maximum absolute atomic E-state index is 12.9. The summed E-state index contributed by atoms with van der Waals surface area (Å²) >= 11 is 0. The van der Waals surface area contributed by atoms with Gasteiger partial charge in [-0.1, -0.05) is 30.3 Å². The number of nitrogens with zero attached hydrogens (tertiary/aromatic N) is 1. The second kappa shape index (κ2) is 6.43. The summed E-state index contributed by atoms with van der Waals surface area (Å²) in [7, 11) is 0. The molecule has 0 fully saturated rings. The van der Waals surface area contributed by atoms with Gasteiger partial charge in [-0.25, -0.2) is 0 Å². The molecule has 0 aliphatic carbocycles. The minimum absolute atomic E-state index is 0.257. The number of hydrogen-bond donors (Lipinski definition) is 2. The summed E-state index contributed by atoms with van der Waals surface area (Å²) in [6.45, 7) is 1.69. The van der Waals surface area contributed by atoms with Crippen molar-refractivity contribution in [1.29, 1.82) is 0 Å². The molecule has 0 saturated heterocycles. The highest BCUT2D eigenvalue weighted by Gasteiger charge is 2.31. The van der Waals surface area contributed by atoms with Crippen molar-refractivity contribution in [3.05, 3.63) is 71.4 Å². The fraction of sp³-hybridized carbons (Fsp3) is 0.111. The molecule has 0 aliphatic heterocycles. The summed E-state index contributed by atoms with van der Waals surface area (Å²) in [5.41, 5.74) is 1.10. The SMILES string of the molecule is Cc1[nH]nc(-c2cccc(C(F)(F)F)c2)c1NC(=O)c1ccccc1. The van der Waals surface area contributed by atoms with Gasteiger partial charge in [-0.05, 0) is 31.2 Å². The molecule has 1 heterocycles. The number of benzene rings is 2. The number of aryl methyl sites for hydroxylation is 1. The molecule has 7 heteroatoms. The van der Waals surface area contributed by atoms with Crippen LogP contribution in [0, 0.1) is 6.92 Å². The monoisotopic (exact) mass is 345 g/mol. The normalized spacial score (nSPS) is 11.4. The first-order chi connectivity index (χ1) is 11.9. The summed E-state index contributed by atoms with van der Waals surface area (Å²) in [5, 5.41) is 9.47. The van der Waals surface area contributed by atoms with Crippen molar-refractivity contribution in [2.45, 2.75) is 13.1 Å². The van der Waals surface area contributed by atoms with Gasteiger partial charge >= 0.3 is 6.18 Å². The Morgan fingerprint density at radius 3 is 2.48 bits per heavy atom. The third-order valence-corrected chi connectivity index (χ3v) is 3.69. The zero-order valence-electron chi connectivity index (χ0n) is 13.2. The number of hydrogen-bond acceptors (Lipinski definition) is 2. The number of carbonyl (C=O) groups excluding carboxylic acids is 1. The van der Waals surface area contributed by atoms with Crippen molar-refractivity contribution in [1.82, 2.24) is 10.2 Å². The largest absolute Gasteiger partial charge is 0.416 e. The molecular formula is C18H14F3N3O. The van der Waals surface area contributed by atoms with Gasteiger partial charge in [-0.2, -0.15) is 18.3 Å². The van der Waals surface area contributed by atoms with Crippen LogP contribution in [0.1, 0.15) is 21.6 Å². The number of rotatable bonds is 3. The Hall–Kier alpha value is -3.09. The highest BCUT2D eigenvalue weighted by atomic mass is 19.4. The van der Waals surface area contributed by atoms with Gasteiger partial charge in [0.2, 0.25) is 0 Å². The number of alkyl halides is 3. The number of aromatic nitrogens is 2. The van der Waals surface area contributed by atoms with Crippen LogP contribution in [0.15, 0.2) is 54.6 Å². The van der Waals surface area contributed by atoms with Crippen LogP contribution in [-0.4, -0.2) is 16.1 Å². The van der Waals surface area contributed by atoms with Gasteiger partial charge in [0.05, 0.1) is 16.9 Å². The lowest BCUT2D eigenvalue weighted by Gasteiger charge is -2.10. The van der Waals surface area contributed by atoms with Crippen molar-refractivity contribution in [2.75, 3.05) is 5.32 Å². The molecule has 128 valence electrons. The second-order valence-corrected chi connectivity index (χ2v) is 5.47. The topological polar surface area (TPSA) is 57.8 Å². The first kappa shape index (κ1) is 16.8. The molecular weight excluding hydrogens is 331 g/mol. The van der Waals surface area contributed by atoms with Gasteiger partial charge in [0.1, 0.15) is 5.69 Å². The van der Waals surface area contributed by atoms with E-state index in [4.69, 9.17) is 0 Å². The number of nitrogens with one attached hydrogen (secondary N) is 2. The molecule has 2 aromatic carbocycles. The number of aromatic amines is 1. The van der Waals surface area contributed by atoms with E-state index in [1.165, 1.54) is 12.1 Å². The highest BCUT2D eigenvalue weighted by molar-refractivity contribution is 6.06. The molecule has 1 amide bonds. The number of carbonyl (C=O) groups is 1. The summed E-state index contributed by atoms with van der Waals surface area (Å²) < 4.78 is 38.8. The molecule has 0 aliphatic rings. The average molecular weight is 345 g/mol. The minimum Gasteiger partial charge on any atom is -0.319 e. The summed E-state index contributed by atoms with van der Waals surface area (Å²) in [6, 6.07) is 13.4. The predicted octanol–water partition coefficient (Wildman–Crippen LogP) is 4.66. The van der Waals surface area contributed by atoms with Gasteiger partial charge in [0.15, 0.2) is 0 Å². The number of anilines is 1. The lowest BCUT2D eigenvalue weighted by atomic mass is 10.1. The third-order valence-electron chi connectivity index (χ3n) is 3.69. The third kappa shape index (κ3) is 3.55. The maximum atomic E-state index is 12.9. The van der Waals surface area contributed by atoms with E-state index in [0.717, 1.165) is 12.1 Å². The van der Waals surface area contributed by atoms with Gasteiger partial charge in [0.25, 0.3) is 5.91 Å². The van der Waals surface area contributed by atoms with E-state index in [2.05, 4.69) is 15.5 Å². The first-order valence-electron chi connectivity index (χ1n) is 7.45. The smallest absolute Gasteiger partial charge is 0.319 e. The van der Waals surface area contributed by atoms with Crippen LogP contribution in [0.4, 0.5) is 18.9 Å². The van der Waals surface area contributed by atoms with Crippen molar-refractivity contribution in [3.63, 3.8) is 0 Å². The Balaban J connectivity index is 1.96. The van der Waals surface area contributed by atoms with E-state index in [1.807, 2.05) is 0 Å². The summed E-state index contributed by atoms with van der Waals surface area (Å²) in [5.74, 6) is -0.363. The van der Waals surface area contributed by atoms with E-state index < -0.39 is 11.7 Å². The Morgan fingerprint density at radius 2 is 1.80 bits per heavy atom. The molecule has 0 bridgehead atoms. The predicted molar refractivity (Wildman–Crippen MR) is 88.2 cm³/mol. The molecule has 2 N–H and O–H groups in total. The van der Waals surface area contributed by atoms with Crippen LogP contribution >= 0.6 is 0 Å². The maximum Gasteiger partial charge on any atom is 0.416 e. The molecule has 3 aromatic rings. The van der Waals surface area contributed by atoms with Gasteiger partial charge < -0.3 is 5.32 Å². The molecule has 25 heavy (non-hydrogen) atoms. The van der Waals surface area contributed by atoms with Crippen LogP contribution in [0.5, 0.6) is 0 Å². The molecule has 3 rings (SSSR count). The fourth-order valence-electron chi connectivity index (χ4n) is 2.41. The Morgan fingerprint density at radius 1 is 1.08 bits per heavy atom. The van der Waals surface area contributed by atoms with E-state index >= 15 is 0 Å². The van der Waals surface area contributed by atoms with Crippen molar-refractivity contribution in [2.24, 2.45) is 0 Å². The second-order valence-electron chi connectivity index (χ2n) is 5.47. The van der Waals surface area contributed by atoms with Crippen LogP contribution in [0.3, 0.4) is 0 Å². The summed E-state index contributed by atoms with van der Waals surface area (Å²) in [6.07, 6.45) is -4.45. The van der Waals surface area contributed by atoms with Crippen molar-refractivity contribution < 1.29 is 18.0 Å². The molecule has 0 radical (unpaired) electrons. The van der Waals surface area contributed by atoms with E-state index in [0.29, 0.717) is 16.9 Å². The first-order valence-corrected chi connectivity index (χ1v) is 7.45.